The second kappa shape index (κ2) is 6.67. The molecule has 5 heteroatoms. The molecule has 1 fully saturated rings. The van der Waals surface area contributed by atoms with Gasteiger partial charge in [-0.05, 0) is 24.3 Å². The lowest BCUT2D eigenvalue weighted by atomic mass is 9.82. The van der Waals surface area contributed by atoms with Gasteiger partial charge in [-0.2, -0.15) is 0 Å². The second-order valence-electron chi connectivity index (χ2n) is 6.17. The minimum Gasteiger partial charge on any atom is -0.465 e. The average Bonchev–Trinajstić information content (AvgIpc) is 2.97. The number of fused-ring (bicyclic) bond motifs is 1. The number of rotatable bonds is 3. The first kappa shape index (κ1) is 15.3. The van der Waals surface area contributed by atoms with Crippen molar-refractivity contribution < 1.29 is 14.4 Å². The van der Waals surface area contributed by atoms with Crippen LogP contribution < -0.4 is 4.90 Å². The van der Waals surface area contributed by atoms with Crippen molar-refractivity contribution in [2.75, 3.05) is 13.7 Å². The average molecular weight is 329 g/mol. The molecule has 21 heavy (non-hydrogen) atoms. The summed E-state index contributed by atoms with van der Waals surface area (Å²) in [6.07, 6.45) is 5.50. The van der Waals surface area contributed by atoms with Crippen LogP contribution >= 0.6 is 22.9 Å². The molecule has 4 atom stereocenters. The highest BCUT2D eigenvalue weighted by atomic mass is 35.5. The summed E-state index contributed by atoms with van der Waals surface area (Å²) >= 11 is 8.39. The van der Waals surface area contributed by atoms with Crippen molar-refractivity contribution >= 4 is 28.9 Å². The Morgan fingerprint density at radius 3 is 3.05 bits per heavy atom. The lowest BCUT2D eigenvalue weighted by Gasteiger charge is -2.37. The van der Waals surface area contributed by atoms with E-state index in [-0.39, 0.29) is 23.3 Å². The Hall–Kier alpha value is -0.580. The molecule has 0 aromatic carbocycles. The van der Waals surface area contributed by atoms with E-state index in [0.717, 1.165) is 32.4 Å². The number of methoxy groups -OCH3 is 1. The first-order valence-corrected chi connectivity index (χ1v) is 9.14. The maximum absolute atomic E-state index is 12.4. The van der Waals surface area contributed by atoms with Crippen molar-refractivity contribution in [2.45, 2.75) is 50.1 Å². The largest absolute Gasteiger partial charge is 0.465 e. The fourth-order valence-corrected chi connectivity index (χ4v) is 5.21. The Balaban J connectivity index is 1.81. The minimum absolute atomic E-state index is 0.0822. The highest BCUT2D eigenvalue weighted by Crippen LogP contribution is 2.31. The number of hydrogen-bond donors (Lipinski definition) is 1. The van der Waals surface area contributed by atoms with Crippen LogP contribution in [0, 0.1) is 5.92 Å². The van der Waals surface area contributed by atoms with Crippen LogP contribution in [0.2, 0.25) is 0 Å². The summed E-state index contributed by atoms with van der Waals surface area (Å²) in [4.78, 5) is 15.2. The van der Waals surface area contributed by atoms with Crippen LogP contribution in [0.1, 0.15) is 36.1 Å². The normalized spacial score (nSPS) is 30.5. The van der Waals surface area contributed by atoms with Gasteiger partial charge in [0.25, 0.3) is 0 Å². The quantitative estimate of drug-likeness (QED) is 0.680. The SMILES string of the molecule is COC(=O)C(C1CCCCC1Cl)[NH+]1CCc2sccc2C1. The van der Waals surface area contributed by atoms with Crippen molar-refractivity contribution in [2.24, 2.45) is 5.92 Å². The standard InChI is InChI=1S/C16H22ClNO2S/c1-20-16(19)15(12-4-2-3-5-13(12)17)18-8-6-14-11(10-18)7-9-21-14/h7,9,12-13,15H,2-6,8,10H2,1H3/p+1. The number of carbonyl (C=O) groups is 1. The molecule has 0 radical (unpaired) electrons. The van der Waals surface area contributed by atoms with E-state index < -0.39 is 0 Å². The van der Waals surface area contributed by atoms with Crippen molar-refractivity contribution in [1.82, 2.24) is 0 Å². The van der Waals surface area contributed by atoms with E-state index in [2.05, 4.69) is 11.4 Å². The summed E-state index contributed by atoms with van der Waals surface area (Å²) in [6.45, 7) is 1.94. The van der Waals surface area contributed by atoms with Gasteiger partial charge in [-0.3, -0.25) is 0 Å². The molecule has 0 bridgehead atoms. The van der Waals surface area contributed by atoms with Gasteiger partial charge in [-0.15, -0.1) is 22.9 Å². The van der Waals surface area contributed by atoms with Gasteiger partial charge >= 0.3 is 5.97 Å². The molecule has 1 saturated carbocycles. The van der Waals surface area contributed by atoms with Crippen LogP contribution in [0.5, 0.6) is 0 Å². The molecule has 0 spiro atoms. The van der Waals surface area contributed by atoms with Gasteiger partial charge in [0.15, 0.2) is 6.04 Å². The van der Waals surface area contributed by atoms with Gasteiger partial charge in [0.2, 0.25) is 0 Å². The number of thiophene rings is 1. The number of esters is 1. The van der Waals surface area contributed by atoms with Gasteiger partial charge < -0.3 is 9.64 Å². The highest BCUT2D eigenvalue weighted by Gasteiger charge is 2.43. The fourth-order valence-electron chi connectivity index (χ4n) is 3.88. The Morgan fingerprint density at radius 2 is 2.29 bits per heavy atom. The Bertz CT molecular complexity index is 504. The van der Waals surface area contributed by atoms with Gasteiger partial charge in [0.1, 0.15) is 6.54 Å². The molecule has 1 aromatic rings. The molecule has 1 aliphatic heterocycles. The molecule has 2 aliphatic rings. The second-order valence-corrected chi connectivity index (χ2v) is 7.73. The van der Waals surface area contributed by atoms with Crippen molar-refractivity contribution in [1.29, 1.82) is 0 Å². The summed E-state index contributed by atoms with van der Waals surface area (Å²) in [5.74, 6) is 0.171. The molecule has 0 amide bonds. The first-order chi connectivity index (χ1) is 10.2. The lowest BCUT2D eigenvalue weighted by molar-refractivity contribution is -0.936. The third-order valence-electron chi connectivity index (χ3n) is 4.98. The third-order valence-corrected chi connectivity index (χ3v) is 6.55. The zero-order valence-electron chi connectivity index (χ0n) is 12.4. The molecule has 0 saturated heterocycles. The number of ether oxygens (including phenoxy) is 1. The molecular formula is C16H23ClNO2S+. The van der Waals surface area contributed by atoms with Crippen LogP contribution in [0.3, 0.4) is 0 Å². The van der Waals surface area contributed by atoms with E-state index >= 15 is 0 Å². The van der Waals surface area contributed by atoms with E-state index in [4.69, 9.17) is 16.3 Å². The zero-order chi connectivity index (χ0) is 14.8. The topological polar surface area (TPSA) is 30.7 Å². The highest BCUT2D eigenvalue weighted by molar-refractivity contribution is 7.10. The maximum atomic E-state index is 12.4. The summed E-state index contributed by atoms with van der Waals surface area (Å²) in [5, 5.41) is 2.27. The summed E-state index contributed by atoms with van der Waals surface area (Å²) in [5.41, 5.74) is 1.40. The molecule has 116 valence electrons. The smallest absolute Gasteiger partial charge is 0.365 e. The van der Waals surface area contributed by atoms with Crippen molar-refractivity contribution in [3.8, 4) is 0 Å². The summed E-state index contributed by atoms with van der Waals surface area (Å²) in [7, 11) is 1.50. The molecule has 4 unspecified atom stereocenters. The molecular weight excluding hydrogens is 306 g/mol. The molecule has 2 heterocycles. The number of quaternary nitrogens is 1. The Labute approximate surface area is 135 Å². The van der Waals surface area contributed by atoms with E-state index in [1.165, 1.54) is 35.3 Å². The van der Waals surface area contributed by atoms with Gasteiger partial charge in [0, 0.05) is 28.2 Å². The third kappa shape index (κ3) is 3.13. The molecule has 3 nitrogen and oxygen atoms in total. The molecule has 1 aromatic heterocycles. The Kier molecular flexibility index (Phi) is 4.87. The van der Waals surface area contributed by atoms with Crippen LogP contribution in [-0.2, 0) is 22.5 Å². The first-order valence-electron chi connectivity index (χ1n) is 7.82. The van der Waals surface area contributed by atoms with E-state index in [1.54, 1.807) is 0 Å². The van der Waals surface area contributed by atoms with E-state index in [9.17, 15) is 4.79 Å². The molecule has 1 N–H and O–H groups in total. The fraction of sp³-hybridized carbons (Fsp3) is 0.688. The predicted molar refractivity (Wildman–Crippen MR) is 85.0 cm³/mol. The van der Waals surface area contributed by atoms with Crippen LogP contribution in [-0.4, -0.2) is 31.0 Å². The minimum atomic E-state index is -0.106. The molecule has 3 rings (SSSR count). The van der Waals surface area contributed by atoms with Crippen LogP contribution in [0.25, 0.3) is 0 Å². The summed E-state index contributed by atoms with van der Waals surface area (Å²) < 4.78 is 5.12. The number of nitrogens with one attached hydrogen (secondary N) is 1. The van der Waals surface area contributed by atoms with Crippen molar-refractivity contribution in [3.05, 3.63) is 21.9 Å². The summed E-state index contributed by atoms with van der Waals surface area (Å²) in [6, 6.07) is 2.10. The maximum Gasteiger partial charge on any atom is 0.365 e. The monoisotopic (exact) mass is 328 g/mol. The number of carbonyl (C=O) groups excluding carboxylic acids is 1. The van der Waals surface area contributed by atoms with Gasteiger partial charge in [-0.1, -0.05) is 12.8 Å². The number of hydrogen-bond acceptors (Lipinski definition) is 3. The molecule has 1 aliphatic carbocycles. The van der Waals surface area contributed by atoms with Crippen molar-refractivity contribution in [3.63, 3.8) is 0 Å². The predicted octanol–water partition coefficient (Wildman–Crippen LogP) is 2.03. The number of halogens is 1. The van der Waals surface area contributed by atoms with E-state index in [0.29, 0.717) is 0 Å². The van der Waals surface area contributed by atoms with E-state index in [1.807, 2.05) is 11.3 Å². The van der Waals surface area contributed by atoms with Gasteiger partial charge in [0.05, 0.1) is 13.7 Å². The van der Waals surface area contributed by atoms with Crippen LogP contribution in [0.15, 0.2) is 11.4 Å². The zero-order valence-corrected chi connectivity index (χ0v) is 14.0. The lowest BCUT2D eigenvalue weighted by Crippen LogP contribution is -3.17. The van der Waals surface area contributed by atoms with Crippen LogP contribution in [0.4, 0.5) is 0 Å². The number of alkyl halides is 1. The Morgan fingerprint density at radius 1 is 1.48 bits per heavy atom. The van der Waals surface area contributed by atoms with Gasteiger partial charge in [-0.25, -0.2) is 4.79 Å².